The molecule has 27 heavy (non-hydrogen) atoms. The van der Waals surface area contributed by atoms with Crippen molar-refractivity contribution < 1.29 is 19.1 Å². The summed E-state index contributed by atoms with van der Waals surface area (Å²) in [6.07, 6.45) is 0.227. The quantitative estimate of drug-likeness (QED) is 0.665. The third-order valence-electron chi connectivity index (χ3n) is 4.59. The van der Waals surface area contributed by atoms with Crippen LogP contribution in [0.4, 0.5) is 5.69 Å². The van der Waals surface area contributed by atoms with Crippen molar-refractivity contribution in [3.63, 3.8) is 0 Å². The number of carbonyl (C=O) groups is 2. The Bertz CT molecular complexity index is 993. The number of fused-ring (bicyclic) bond motifs is 2. The van der Waals surface area contributed by atoms with E-state index in [1.807, 2.05) is 54.6 Å². The van der Waals surface area contributed by atoms with Gasteiger partial charge in [-0.2, -0.15) is 0 Å². The first kappa shape index (κ1) is 17.1. The molecule has 0 radical (unpaired) electrons. The summed E-state index contributed by atoms with van der Waals surface area (Å²) in [5, 5.41) is 2.15. The lowest BCUT2D eigenvalue weighted by molar-refractivity contribution is -0.144. The first-order chi connectivity index (χ1) is 13.2. The van der Waals surface area contributed by atoms with Gasteiger partial charge in [-0.3, -0.25) is 14.5 Å². The Labute approximate surface area is 157 Å². The molecule has 0 bridgehead atoms. The van der Waals surface area contributed by atoms with E-state index in [1.165, 1.54) is 4.90 Å². The zero-order chi connectivity index (χ0) is 18.6. The van der Waals surface area contributed by atoms with Crippen LogP contribution in [0, 0.1) is 0 Å². The number of para-hydroxylation sites is 2. The highest BCUT2D eigenvalue weighted by atomic mass is 16.5. The van der Waals surface area contributed by atoms with Crippen LogP contribution in [-0.4, -0.2) is 25.0 Å². The third kappa shape index (κ3) is 3.62. The Morgan fingerprint density at radius 1 is 1.00 bits per heavy atom. The summed E-state index contributed by atoms with van der Waals surface area (Å²) in [6, 6.07) is 21.1. The second-order valence-electron chi connectivity index (χ2n) is 6.35. The summed E-state index contributed by atoms with van der Waals surface area (Å²) in [6.45, 7) is 0.335. The fraction of sp³-hybridized carbons (Fsp3) is 0.182. The maximum atomic E-state index is 12.4. The summed E-state index contributed by atoms with van der Waals surface area (Å²) in [4.78, 5) is 26.3. The van der Waals surface area contributed by atoms with Gasteiger partial charge in [0.1, 0.15) is 18.9 Å². The van der Waals surface area contributed by atoms with Crippen molar-refractivity contribution in [2.75, 3.05) is 18.1 Å². The Balaban J connectivity index is 1.48. The van der Waals surface area contributed by atoms with Crippen LogP contribution >= 0.6 is 0 Å². The minimum Gasteiger partial charge on any atom is -0.491 e. The van der Waals surface area contributed by atoms with Gasteiger partial charge in [0.15, 0.2) is 0 Å². The standard InChI is InChI=1S/C22H19NO4/c24-21-12-13-26-20-11-4-3-10-19(20)23(21)14-22(25)27-15-17-8-5-7-16-6-1-2-9-18(16)17/h1-11H,12-15H2. The Kier molecular flexibility index (Phi) is 4.75. The average Bonchev–Trinajstić information content (AvgIpc) is 2.85. The molecule has 0 N–H and O–H groups in total. The second kappa shape index (κ2) is 7.50. The molecule has 4 rings (SSSR count). The monoisotopic (exact) mass is 361 g/mol. The number of hydrogen-bond acceptors (Lipinski definition) is 4. The van der Waals surface area contributed by atoms with Crippen molar-refractivity contribution in [1.82, 2.24) is 0 Å². The van der Waals surface area contributed by atoms with Crippen LogP contribution in [-0.2, 0) is 20.9 Å². The van der Waals surface area contributed by atoms with Gasteiger partial charge in [0.25, 0.3) is 0 Å². The number of carbonyl (C=O) groups excluding carboxylic acids is 2. The predicted molar refractivity (Wildman–Crippen MR) is 103 cm³/mol. The van der Waals surface area contributed by atoms with Crippen molar-refractivity contribution in [2.24, 2.45) is 0 Å². The number of amides is 1. The number of ether oxygens (including phenoxy) is 2. The van der Waals surface area contributed by atoms with Gasteiger partial charge in [0.05, 0.1) is 18.7 Å². The summed E-state index contributed by atoms with van der Waals surface area (Å²) in [5.41, 5.74) is 1.54. The molecule has 0 aliphatic carbocycles. The zero-order valence-corrected chi connectivity index (χ0v) is 14.8. The summed E-state index contributed by atoms with van der Waals surface area (Å²) in [7, 11) is 0. The maximum absolute atomic E-state index is 12.4. The molecule has 0 aromatic heterocycles. The van der Waals surface area contributed by atoms with E-state index in [2.05, 4.69) is 0 Å². The van der Waals surface area contributed by atoms with Crippen LogP contribution in [0.25, 0.3) is 10.8 Å². The lowest BCUT2D eigenvalue weighted by Crippen LogP contribution is -2.36. The second-order valence-corrected chi connectivity index (χ2v) is 6.35. The molecule has 1 heterocycles. The van der Waals surface area contributed by atoms with Gasteiger partial charge < -0.3 is 9.47 Å². The number of anilines is 1. The van der Waals surface area contributed by atoms with Gasteiger partial charge in [-0.15, -0.1) is 0 Å². The highest BCUT2D eigenvalue weighted by molar-refractivity contribution is 5.99. The van der Waals surface area contributed by atoms with Crippen molar-refractivity contribution in [3.8, 4) is 5.75 Å². The molecule has 0 atom stereocenters. The van der Waals surface area contributed by atoms with Gasteiger partial charge >= 0.3 is 5.97 Å². The largest absolute Gasteiger partial charge is 0.491 e. The highest BCUT2D eigenvalue weighted by Gasteiger charge is 2.25. The van der Waals surface area contributed by atoms with Gasteiger partial charge in [-0.05, 0) is 28.5 Å². The molecule has 0 fully saturated rings. The molecule has 3 aromatic rings. The fourth-order valence-corrected chi connectivity index (χ4v) is 3.24. The smallest absolute Gasteiger partial charge is 0.326 e. The number of hydrogen-bond donors (Lipinski definition) is 0. The molecule has 136 valence electrons. The van der Waals surface area contributed by atoms with Crippen molar-refractivity contribution in [3.05, 3.63) is 72.3 Å². The predicted octanol–water partition coefficient (Wildman–Crippen LogP) is 3.70. The molecule has 1 amide bonds. The van der Waals surface area contributed by atoms with Crippen LogP contribution in [0.2, 0.25) is 0 Å². The molecule has 5 nitrogen and oxygen atoms in total. The third-order valence-corrected chi connectivity index (χ3v) is 4.59. The normalized spacial score (nSPS) is 13.6. The SMILES string of the molecule is O=C(CN1C(=O)CCOc2ccccc21)OCc1cccc2ccccc12. The Morgan fingerprint density at radius 3 is 2.70 bits per heavy atom. The summed E-state index contributed by atoms with van der Waals surface area (Å²) < 4.78 is 11.1. The molecule has 0 saturated carbocycles. The van der Waals surface area contributed by atoms with E-state index >= 15 is 0 Å². The Hall–Kier alpha value is -3.34. The number of esters is 1. The highest BCUT2D eigenvalue weighted by Crippen LogP contribution is 2.30. The van der Waals surface area contributed by atoms with Gasteiger partial charge in [-0.25, -0.2) is 0 Å². The molecule has 1 aliphatic heterocycles. The summed E-state index contributed by atoms with van der Waals surface area (Å²) >= 11 is 0. The van der Waals surface area contributed by atoms with Crippen LogP contribution in [0.1, 0.15) is 12.0 Å². The first-order valence-corrected chi connectivity index (χ1v) is 8.87. The first-order valence-electron chi connectivity index (χ1n) is 8.87. The van der Waals surface area contributed by atoms with Gasteiger partial charge in [-0.1, -0.05) is 54.6 Å². The number of rotatable bonds is 4. The van der Waals surface area contributed by atoms with Crippen LogP contribution in [0.15, 0.2) is 66.7 Å². The van der Waals surface area contributed by atoms with Crippen molar-refractivity contribution in [2.45, 2.75) is 13.0 Å². The fourth-order valence-electron chi connectivity index (χ4n) is 3.24. The molecule has 0 unspecified atom stereocenters. The lowest BCUT2D eigenvalue weighted by Gasteiger charge is -2.21. The molecule has 0 spiro atoms. The molecular formula is C22H19NO4. The van der Waals surface area contributed by atoms with E-state index in [0.29, 0.717) is 18.0 Å². The van der Waals surface area contributed by atoms with E-state index in [4.69, 9.17) is 9.47 Å². The minimum absolute atomic E-state index is 0.135. The van der Waals surface area contributed by atoms with Gasteiger partial charge in [0.2, 0.25) is 5.91 Å². The van der Waals surface area contributed by atoms with Crippen LogP contribution in [0.3, 0.4) is 0 Å². The number of nitrogens with zero attached hydrogens (tertiary/aromatic N) is 1. The van der Waals surface area contributed by atoms with Crippen molar-refractivity contribution >= 4 is 28.3 Å². The molecular weight excluding hydrogens is 342 g/mol. The minimum atomic E-state index is -0.451. The lowest BCUT2D eigenvalue weighted by atomic mass is 10.1. The Morgan fingerprint density at radius 2 is 1.78 bits per heavy atom. The number of benzene rings is 3. The average molecular weight is 361 g/mol. The van der Waals surface area contributed by atoms with E-state index in [1.54, 1.807) is 12.1 Å². The summed E-state index contributed by atoms with van der Waals surface area (Å²) in [5.74, 6) is 0.000233. The maximum Gasteiger partial charge on any atom is 0.326 e. The van der Waals surface area contributed by atoms with Gasteiger partial charge in [0, 0.05) is 0 Å². The van der Waals surface area contributed by atoms with Crippen LogP contribution in [0.5, 0.6) is 5.75 Å². The molecule has 1 aliphatic rings. The van der Waals surface area contributed by atoms with Crippen LogP contribution < -0.4 is 9.64 Å². The topological polar surface area (TPSA) is 55.8 Å². The molecule has 0 saturated heterocycles. The van der Waals surface area contributed by atoms with E-state index in [9.17, 15) is 9.59 Å². The zero-order valence-electron chi connectivity index (χ0n) is 14.8. The van der Waals surface area contributed by atoms with Crippen molar-refractivity contribution in [1.29, 1.82) is 0 Å². The van der Waals surface area contributed by atoms with E-state index in [-0.39, 0.29) is 25.5 Å². The molecule has 5 heteroatoms. The van der Waals surface area contributed by atoms with E-state index in [0.717, 1.165) is 16.3 Å². The van der Waals surface area contributed by atoms with E-state index < -0.39 is 5.97 Å². The molecule has 3 aromatic carbocycles.